The SMILES string of the molecule is Nc1ccc(CC(=O)NCC2(C(=O)O)CCCC2)cc1. The standard InChI is InChI=1S/C15H20N2O3/c16-12-5-3-11(4-6-12)9-13(18)17-10-15(14(19)20)7-1-2-8-15/h3-6H,1-2,7-10,16H2,(H,17,18)(H,19,20). The molecule has 1 amide bonds. The maximum atomic E-state index is 11.9. The molecule has 0 unspecified atom stereocenters. The van der Waals surface area contributed by atoms with Gasteiger partial charge in [-0.2, -0.15) is 0 Å². The number of aliphatic carboxylic acids is 1. The van der Waals surface area contributed by atoms with E-state index in [1.165, 1.54) is 0 Å². The summed E-state index contributed by atoms with van der Waals surface area (Å²) in [6.45, 7) is 0.218. The van der Waals surface area contributed by atoms with E-state index in [2.05, 4.69) is 5.32 Å². The zero-order valence-electron chi connectivity index (χ0n) is 11.4. The second-order valence-corrected chi connectivity index (χ2v) is 5.49. The summed E-state index contributed by atoms with van der Waals surface area (Å²) in [7, 11) is 0. The van der Waals surface area contributed by atoms with Crippen molar-refractivity contribution >= 4 is 17.6 Å². The average Bonchev–Trinajstić information content (AvgIpc) is 2.89. The van der Waals surface area contributed by atoms with Gasteiger partial charge in [0, 0.05) is 12.2 Å². The third-order valence-electron chi connectivity index (χ3n) is 3.98. The third-order valence-corrected chi connectivity index (χ3v) is 3.98. The summed E-state index contributed by atoms with van der Waals surface area (Å²) in [5.41, 5.74) is 6.34. The van der Waals surface area contributed by atoms with Gasteiger partial charge < -0.3 is 16.2 Å². The Morgan fingerprint density at radius 2 is 1.80 bits per heavy atom. The molecule has 1 saturated carbocycles. The molecule has 5 nitrogen and oxygen atoms in total. The first kappa shape index (κ1) is 14.4. The number of nitrogens with two attached hydrogens (primary N) is 1. The van der Waals surface area contributed by atoms with Crippen molar-refractivity contribution in [3.8, 4) is 0 Å². The Bertz CT molecular complexity index is 490. The van der Waals surface area contributed by atoms with Gasteiger partial charge in [-0.05, 0) is 30.5 Å². The molecular formula is C15H20N2O3. The van der Waals surface area contributed by atoms with Gasteiger partial charge in [0.15, 0.2) is 0 Å². The quantitative estimate of drug-likeness (QED) is 0.712. The van der Waals surface area contributed by atoms with Gasteiger partial charge in [-0.25, -0.2) is 0 Å². The van der Waals surface area contributed by atoms with Crippen molar-refractivity contribution in [3.63, 3.8) is 0 Å². The van der Waals surface area contributed by atoms with Crippen LogP contribution in [0, 0.1) is 5.41 Å². The lowest BCUT2D eigenvalue weighted by Crippen LogP contribution is -2.41. The van der Waals surface area contributed by atoms with E-state index in [0.29, 0.717) is 18.5 Å². The van der Waals surface area contributed by atoms with Crippen LogP contribution < -0.4 is 11.1 Å². The highest BCUT2D eigenvalue weighted by molar-refractivity contribution is 5.80. The molecule has 0 heterocycles. The summed E-state index contributed by atoms with van der Waals surface area (Å²) in [6, 6.07) is 7.10. The number of carboxylic acids is 1. The van der Waals surface area contributed by atoms with Crippen LogP contribution in [-0.2, 0) is 16.0 Å². The number of amides is 1. The van der Waals surface area contributed by atoms with Crippen molar-refractivity contribution in [2.75, 3.05) is 12.3 Å². The second-order valence-electron chi connectivity index (χ2n) is 5.49. The number of nitrogen functional groups attached to an aromatic ring is 1. The van der Waals surface area contributed by atoms with Crippen molar-refractivity contribution in [2.24, 2.45) is 5.41 Å². The summed E-state index contributed by atoms with van der Waals surface area (Å²) < 4.78 is 0. The molecule has 0 aliphatic heterocycles. The first-order chi connectivity index (χ1) is 9.52. The second kappa shape index (κ2) is 5.94. The van der Waals surface area contributed by atoms with Crippen LogP contribution in [0.3, 0.4) is 0 Å². The Hall–Kier alpha value is -2.04. The molecule has 1 fully saturated rings. The van der Waals surface area contributed by atoms with Crippen LogP contribution >= 0.6 is 0 Å². The number of anilines is 1. The molecule has 5 heteroatoms. The Balaban J connectivity index is 1.88. The largest absolute Gasteiger partial charge is 0.481 e. The molecule has 0 radical (unpaired) electrons. The van der Waals surface area contributed by atoms with Crippen molar-refractivity contribution in [1.82, 2.24) is 5.32 Å². The predicted octanol–water partition coefficient (Wildman–Crippen LogP) is 1.57. The van der Waals surface area contributed by atoms with Gasteiger partial charge >= 0.3 is 5.97 Å². The molecule has 1 aliphatic carbocycles. The van der Waals surface area contributed by atoms with Crippen molar-refractivity contribution in [1.29, 1.82) is 0 Å². The molecule has 0 aromatic heterocycles. The van der Waals surface area contributed by atoms with Crippen molar-refractivity contribution < 1.29 is 14.7 Å². The highest BCUT2D eigenvalue weighted by Crippen LogP contribution is 2.37. The van der Waals surface area contributed by atoms with E-state index >= 15 is 0 Å². The number of rotatable bonds is 5. The monoisotopic (exact) mass is 276 g/mol. The Morgan fingerprint density at radius 1 is 1.20 bits per heavy atom. The van der Waals surface area contributed by atoms with Gasteiger partial charge in [0.25, 0.3) is 0 Å². The number of carbonyl (C=O) groups is 2. The molecule has 1 aromatic carbocycles. The Morgan fingerprint density at radius 3 is 2.35 bits per heavy atom. The minimum Gasteiger partial charge on any atom is -0.481 e. The zero-order chi connectivity index (χ0) is 14.6. The van der Waals surface area contributed by atoms with Gasteiger partial charge in [0.1, 0.15) is 0 Å². The highest BCUT2D eigenvalue weighted by atomic mass is 16.4. The van der Waals surface area contributed by atoms with Crippen LogP contribution in [0.4, 0.5) is 5.69 Å². The van der Waals surface area contributed by atoms with E-state index < -0.39 is 11.4 Å². The van der Waals surface area contributed by atoms with E-state index in [4.69, 9.17) is 5.73 Å². The van der Waals surface area contributed by atoms with Crippen LogP contribution in [0.15, 0.2) is 24.3 Å². The molecule has 1 aliphatic rings. The van der Waals surface area contributed by atoms with Crippen LogP contribution in [0.5, 0.6) is 0 Å². The van der Waals surface area contributed by atoms with Crippen LogP contribution in [0.2, 0.25) is 0 Å². The van der Waals surface area contributed by atoms with E-state index in [0.717, 1.165) is 18.4 Å². The van der Waals surface area contributed by atoms with Gasteiger partial charge in [-0.1, -0.05) is 25.0 Å². The zero-order valence-corrected chi connectivity index (χ0v) is 11.4. The molecule has 108 valence electrons. The smallest absolute Gasteiger partial charge is 0.311 e. The molecule has 0 bridgehead atoms. The molecule has 20 heavy (non-hydrogen) atoms. The summed E-state index contributed by atoms with van der Waals surface area (Å²) in [4.78, 5) is 23.3. The number of nitrogens with one attached hydrogen (secondary N) is 1. The molecular weight excluding hydrogens is 256 g/mol. The van der Waals surface area contributed by atoms with Crippen LogP contribution in [0.25, 0.3) is 0 Å². The molecule has 2 rings (SSSR count). The number of hydrogen-bond acceptors (Lipinski definition) is 3. The summed E-state index contributed by atoms with van der Waals surface area (Å²) in [5, 5.41) is 12.1. The third kappa shape index (κ3) is 3.29. The summed E-state index contributed by atoms with van der Waals surface area (Å²) in [6.07, 6.45) is 3.37. The predicted molar refractivity (Wildman–Crippen MR) is 76.1 cm³/mol. The van der Waals surface area contributed by atoms with Crippen molar-refractivity contribution in [2.45, 2.75) is 32.1 Å². The first-order valence-electron chi connectivity index (χ1n) is 6.86. The fourth-order valence-corrected chi connectivity index (χ4v) is 2.67. The number of benzene rings is 1. The average molecular weight is 276 g/mol. The van der Waals surface area contributed by atoms with Crippen LogP contribution in [0.1, 0.15) is 31.2 Å². The van der Waals surface area contributed by atoms with Gasteiger partial charge in [0.2, 0.25) is 5.91 Å². The van der Waals surface area contributed by atoms with E-state index in [1.807, 2.05) is 0 Å². The molecule has 0 saturated heterocycles. The summed E-state index contributed by atoms with van der Waals surface area (Å²) >= 11 is 0. The fraction of sp³-hybridized carbons (Fsp3) is 0.467. The lowest BCUT2D eigenvalue weighted by molar-refractivity contribution is -0.148. The van der Waals surface area contributed by atoms with Crippen molar-refractivity contribution in [3.05, 3.63) is 29.8 Å². The van der Waals surface area contributed by atoms with Gasteiger partial charge in [-0.15, -0.1) is 0 Å². The Kier molecular flexibility index (Phi) is 4.27. The van der Waals surface area contributed by atoms with E-state index in [-0.39, 0.29) is 18.9 Å². The minimum atomic E-state index is -0.803. The van der Waals surface area contributed by atoms with E-state index in [9.17, 15) is 14.7 Å². The molecule has 1 aromatic rings. The maximum Gasteiger partial charge on any atom is 0.311 e. The first-order valence-corrected chi connectivity index (χ1v) is 6.86. The Labute approximate surface area is 118 Å². The minimum absolute atomic E-state index is 0.151. The van der Waals surface area contributed by atoms with Gasteiger partial charge in [0.05, 0.1) is 11.8 Å². The topological polar surface area (TPSA) is 92.4 Å². The lowest BCUT2D eigenvalue weighted by atomic mass is 9.86. The number of carbonyl (C=O) groups excluding carboxylic acids is 1. The number of carboxylic acid groups (broad SMARTS) is 1. The molecule has 0 spiro atoms. The highest BCUT2D eigenvalue weighted by Gasteiger charge is 2.41. The van der Waals surface area contributed by atoms with E-state index in [1.54, 1.807) is 24.3 Å². The summed E-state index contributed by atoms with van der Waals surface area (Å²) in [5.74, 6) is -0.954. The normalized spacial score (nSPS) is 16.8. The maximum absolute atomic E-state index is 11.9. The number of hydrogen-bond donors (Lipinski definition) is 3. The van der Waals surface area contributed by atoms with Crippen LogP contribution in [-0.4, -0.2) is 23.5 Å². The van der Waals surface area contributed by atoms with Gasteiger partial charge in [-0.3, -0.25) is 9.59 Å². The molecule has 4 N–H and O–H groups in total. The fourth-order valence-electron chi connectivity index (χ4n) is 2.67. The lowest BCUT2D eigenvalue weighted by Gasteiger charge is -2.23. The molecule has 0 atom stereocenters.